The molecule has 0 aliphatic heterocycles. The summed E-state index contributed by atoms with van der Waals surface area (Å²) in [6.45, 7) is 5.62. The van der Waals surface area contributed by atoms with Gasteiger partial charge in [-0.1, -0.05) is 30.3 Å². The van der Waals surface area contributed by atoms with E-state index >= 15 is 0 Å². The molecule has 0 fully saturated rings. The van der Waals surface area contributed by atoms with E-state index in [1.807, 2.05) is 44.2 Å². The third kappa shape index (κ3) is 3.66. The summed E-state index contributed by atoms with van der Waals surface area (Å²) in [4.78, 5) is 12.0. The van der Waals surface area contributed by atoms with Crippen molar-refractivity contribution in [2.75, 3.05) is 0 Å². The number of carbonyl (C=O) groups excluding carboxylic acids is 1. The van der Waals surface area contributed by atoms with Gasteiger partial charge in [-0.3, -0.25) is 4.79 Å². The smallest absolute Gasteiger partial charge is 0.224 e. The molecule has 1 amide bonds. The molecule has 20 heavy (non-hydrogen) atoms. The van der Waals surface area contributed by atoms with E-state index in [2.05, 4.69) is 15.5 Å². The Morgan fingerprint density at radius 1 is 1.25 bits per heavy atom. The number of rotatable bonds is 5. The molecule has 0 saturated carbocycles. The summed E-state index contributed by atoms with van der Waals surface area (Å²) in [5, 5.41) is 10.8. The Morgan fingerprint density at radius 3 is 2.50 bits per heavy atom. The van der Waals surface area contributed by atoms with Crippen LogP contribution in [0.1, 0.15) is 43.5 Å². The fraction of sp³-hybridized carbons (Fsp3) is 0.400. The van der Waals surface area contributed by atoms with Gasteiger partial charge in [-0.25, -0.2) is 0 Å². The zero-order valence-electron chi connectivity index (χ0n) is 12.0. The third-order valence-electron chi connectivity index (χ3n) is 2.88. The molecule has 0 spiro atoms. The van der Waals surface area contributed by atoms with Crippen molar-refractivity contribution < 1.29 is 9.21 Å². The Balaban J connectivity index is 2.23. The Labute approximate surface area is 118 Å². The number of nitrogens with one attached hydrogen (secondary N) is 1. The second kappa shape index (κ2) is 6.32. The largest absolute Gasteiger partial charge is 0.425 e. The molecular formula is C15H19N3O2. The maximum absolute atomic E-state index is 12.0. The molecule has 5 heteroatoms. The van der Waals surface area contributed by atoms with E-state index in [1.165, 1.54) is 0 Å². The zero-order chi connectivity index (χ0) is 14.5. The van der Waals surface area contributed by atoms with Crippen molar-refractivity contribution in [3.05, 3.63) is 47.7 Å². The molecule has 0 aliphatic carbocycles. The van der Waals surface area contributed by atoms with E-state index in [1.54, 1.807) is 6.92 Å². The van der Waals surface area contributed by atoms with E-state index in [4.69, 9.17) is 4.42 Å². The molecule has 1 unspecified atom stereocenters. The van der Waals surface area contributed by atoms with E-state index in [-0.39, 0.29) is 17.9 Å². The molecule has 2 aromatic rings. The first-order valence-electron chi connectivity index (χ1n) is 6.70. The van der Waals surface area contributed by atoms with Gasteiger partial charge in [0.05, 0.1) is 5.92 Å². The van der Waals surface area contributed by atoms with Gasteiger partial charge in [0.25, 0.3) is 0 Å². The Kier molecular flexibility index (Phi) is 4.50. The van der Waals surface area contributed by atoms with Crippen LogP contribution in [0, 0.1) is 6.92 Å². The van der Waals surface area contributed by atoms with Crippen molar-refractivity contribution in [1.82, 2.24) is 15.5 Å². The van der Waals surface area contributed by atoms with Crippen molar-refractivity contribution in [3.8, 4) is 0 Å². The number of benzene rings is 1. The van der Waals surface area contributed by atoms with Crippen LogP contribution < -0.4 is 5.32 Å². The van der Waals surface area contributed by atoms with Crippen LogP contribution in [-0.2, 0) is 4.79 Å². The first kappa shape index (κ1) is 14.2. The topological polar surface area (TPSA) is 68.0 Å². The van der Waals surface area contributed by atoms with E-state index < -0.39 is 0 Å². The second-order valence-corrected chi connectivity index (χ2v) is 5.05. The summed E-state index contributed by atoms with van der Waals surface area (Å²) in [6, 6.07) is 9.86. The number of hydrogen-bond donors (Lipinski definition) is 1. The molecule has 1 aromatic heterocycles. The number of aryl methyl sites for hydroxylation is 1. The number of aromatic nitrogens is 2. The molecular weight excluding hydrogens is 254 g/mol. The number of nitrogens with zero attached hydrogens (tertiary/aromatic N) is 2. The lowest BCUT2D eigenvalue weighted by Gasteiger charge is -2.15. The van der Waals surface area contributed by atoms with Crippen LogP contribution in [0.25, 0.3) is 0 Å². The van der Waals surface area contributed by atoms with Crippen LogP contribution in [0.2, 0.25) is 0 Å². The van der Waals surface area contributed by atoms with Crippen LogP contribution in [0.5, 0.6) is 0 Å². The highest BCUT2D eigenvalue weighted by Crippen LogP contribution is 2.26. The quantitative estimate of drug-likeness (QED) is 0.908. The highest BCUT2D eigenvalue weighted by molar-refractivity contribution is 5.77. The number of carbonyl (C=O) groups is 1. The predicted octanol–water partition coefficient (Wildman–Crippen LogP) is 2.42. The fourth-order valence-corrected chi connectivity index (χ4v) is 2.05. The summed E-state index contributed by atoms with van der Waals surface area (Å²) in [5.74, 6) is 0.749. The van der Waals surface area contributed by atoms with E-state index in [9.17, 15) is 4.79 Å². The summed E-state index contributed by atoms with van der Waals surface area (Å²) < 4.78 is 5.50. The van der Waals surface area contributed by atoms with Gasteiger partial charge >= 0.3 is 0 Å². The summed E-state index contributed by atoms with van der Waals surface area (Å²) in [7, 11) is 0. The predicted molar refractivity (Wildman–Crippen MR) is 75.2 cm³/mol. The molecule has 2 rings (SSSR count). The average Bonchev–Trinajstić information content (AvgIpc) is 2.82. The Morgan fingerprint density at radius 2 is 1.95 bits per heavy atom. The molecule has 1 atom stereocenters. The summed E-state index contributed by atoms with van der Waals surface area (Å²) in [6.07, 6.45) is 0.295. The van der Waals surface area contributed by atoms with Crippen molar-refractivity contribution in [1.29, 1.82) is 0 Å². The lowest BCUT2D eigenvalue weighted by atomic mass is 9.95. The lowest BCUT2D eigenvalue weighted by Crippen LogP contribution is -2.31. The van der Waals surface area contributed by atoms with E-state index in [0.717, 1.165) is 5.56 Å². The summed E-state index contributed by atoms with van der Waals surface area (Å²) >= 11 is 0. The van der Waals surface area contributed by atoms with Gasteiger partial charge in [-0.05, 0) is 19.4 Å². The average molecular weight is 273 g/mol. The number of amides is 1. The van der Waals surface area contributed by atoms with Crippen LogP contribution in [0.4, 0.5) is 0 Å². The van der Waals surface area contributed by atoms with Gasteiger partial charge in [0.2, 0.25) is 17.7 Å². The first-order valence-corrected chi connectivity index (χ1v) is 6.70. The van der Waals surface area contributed by atoms with Crippen LogP contribution in [0.3, 0.4) is 0 Å². The first-order chi connectivity index (χ1) is 9.56. The monoisotopic (exact) mass is 273 g/mol. The molecule has 1 heterocycles. The van der Waals surface area contributed by atoms with Crippen molar-refractivity contribution in [2.24, 2.45) is 0 Å². The van der Waals surface area contributed by atoms with Crippen molar-refractivity contribution >= 4 is 5.91 Å². The highest BCUT2D eigenvalue weighted by atomic mass is 16.4. The standard InChI is InChI=1S/C15H19N3O2/c1-10(2)16-14(19)9-13(12-7-5-4-6-8-12)15-18-17-11(3)20-15/h4-8,10,13H,9H2,1-3H3,(H,16,19). The van der Waals surface area contributed by atoms with Crippen molar-refractivity contribution in [2.45, 2.75) is 39.2 Å². The van der Waals surface area contributed by atoms with Gasteiger partial charge in [0.15, 0.2) is 0 Å². The minimum absolute atomic E-state index is 0.0234. The molecule has 5 nitrogen and oxygen atoms in total. The fourth-order valence-electron chi connectivity index (χ4n) is 2.05. The van der Waals surface area contributed by atoms with Gasteiger partial charge < -0.3 is 9.73 Å². The van der Waals surface area contributed by atoms with Gasteiger partial charge in [0, 0.05) is 19.4 Å². The molecule has 106 valence electrons. The third-order valence-corrected chi connectivity index (χ3v) is 2.88. The SMILES string of the molecule is Cc1nnc(C(CC(=O)NC(C)C)c2ccccc2)o1. The maximum atomic E-state index is 12.0. The second-order valence-electron chi connectivity index (χ2n) is 5.05. The minimum Gasteiger partial charge on any atom is -0.425 e. The molecule has 0 radical (unpaired) electrons. The van der Waals surface area contributed by atoms with Crippen LogP contribution >= 0.6 is 0 Å². The van der Waals surface area contributed by atoms with Crippen molar-refractivity contribution in [3.63, 3.8) is 0 Å². The van der Waals surface area contributed by atoms with Gasteiger partial charge in [-0.15, -0.1) is 10.2 Å². The minimum atomic E-state index is -0.212. The Bertz CT molecular complexity index is 564. The van der Waals surface area contributed by atoms with Crippen LogP contribution in [0.15, 0.2) is 34.7 Å². The highest BCUT2D eigenvalue weighted by Gasteiger charge is 2.23. The lowest BCUT2D eigenvalue weighted by molar-refractivity contribution is -0.121. The molecule has 1 aromatic carbocycles. The van der Waals surface area contributed by atoms with E-state index in [0.29, 0.717) is 18.2 Å². The molecule has 1 N–H and O–H groups in total. The molecule has 0 bridgehead atoms. The van der Waals surface area contributed by atoms with Gasteiger partial charge in [0.1, 0.15) is 0 Å². The summed E-state index contributed by atoms with van der Waals surface area (Å²) in [5.41, 5.74) is 0.995. The Hall–Kier alpha value is -2.17. The molecule has 0 aliphatic rings. The van der Waals surface area contributed by atoms with Crippen LogP contribution in [-0.4, -0.2) is 22.1 Å². The maximum Gasteiger partial charge on any atom is 0.224 e. The molecule has 0 saturated heterocycles. The zero-order valence-corrected chi connectivity index (χ0v) is 12.0. The normalized spacial score (nSPS) is 12.4. The number of hydrogen-bond acceptors (Lipinski definition) is 4. The van der Waals surface area contributed by atoms with Gasteiger partial charge in [-0.2, -0.15) is 0 Å².